The molecule has 1 heterocycles. The van der Waals surface area contributed by atoms with E-state index in [4.69, 9.17) is 28.0 Å². The number of nitrogens with zero attached hydrogens (tertiary/aromatic N) is 1. The van der Waals surface area contributed by atoms with Crippen molar-refractivity contribution in [3.63, 3.8) is 0 Å². The van der Waals surface area contributed by atoms with Crippen molar-refractivity contribution in [2.24, 2.45) is 0 Å². The van der Waals surface area contributed by atoms with Crippen LogP contribution in [0.3, 0.4) is 0 Å². The minimum absolute atomic E-state index is 0.166. The van der Waals surface area contributed by atoms with Gasteiger partial charge in [0.1, 0.15) is 0 Å². The summed E-state index contributed by atoms with van der Waals surface area (Å²) in [5.74, 6) is -0.531. The molecule has 0 saturated carbocycles. The molecule has 182 valence electrons. The lowest BCUT2D eigenvalue weighted by Crippen LogP contribution is -2.44. The van der Waals surface area contributed by atoms with Crippen LogP contribution in [0.2, 0.25) is 10.0 Å². The van der Waals surface area contributed by atoms with Gasteiger partial charge in [-0.2, -0.15) is 4.31 Å². The van der Waals surface area contributed by atoms with Gasteiger partial charge < -0.3 is 0 Å². The lowest BCUT2D eigenvalue weighted by Gasteiger charge is -2.41. The first kappa shape index (κ1) is 25.4. The van der Waals surface area contributed by atoms with Crippen LogP contribution in [0.25, 0.3) is 0 Å². The molecule has 1 aliphatic heterocycles. The molecule has 0 bridgehead atoms. The van der Waals surface area contributed by atoms with E-state index in [1.807, 2.05) is 0 Å². The van der Waals surface area contributed by atoms with Crippen LogP contribution in [0.5, 0.6) is 0 Å². The number of hydroxylamine groups is 1. The number of carbonyl (C=O) groups excluding carboxylic acids is 1. The van der Waals surface area contributed by atoms with Crippen molar-refractivity contribution in [2.75, 3.05) is 7.11 Å². The normalized spacial score (nSPS) is 18.7. The minimum Gasteiger partial charge on any atom is -0.277 e. The van der Waals surface area contributed by atoms with E-state index < -0.39 is 28.0 Å². The van der Waals surface area contributed by atoms with Crippen molar-refractivity contribution in [3.05, 3.63) is 111 Å². The van der Waals surface area contributed by atoms with Crippen molar-refractivity contribution >= 4 is 39.1 Å². The van der Waals surface area contributed by atoms with Gasteiger partial charge in [-0.3, -0.25) is 9.63 Å². The lowest BCUT2D eigenvalue weighted by molar-refractivity contribution is -0.128. The second-order valence-corrected chi connectivity index (χ2v) is 10.8. The molecule has 0 fully saturated rings. The Hall–Kier alpha value is -2.68. The molecule has 0 saturated heterocycles. The van der Waals surface area contributed by atoms with Crippen LogP contribution in [-0.4, -0.2) is 25.7 Å². The van der Waals surface area contributed by atoms with Gasteiger partial charge in [0.05, 0.1) is 24.1 Å². The topological polar surface area (TPSA) is 75.7 Å². The number of carbonyl (C=O) groups is 1. The number of sulfonamides is 1. The molecule has 1 N–H and O–H groups in total. The molecule has 2 atom stereocenters. The Balaban J connectivity index is 1.99. The van der Waals surface area contributed by atoms with E-state index in [9.17, 15) is 13.2 Å². The zero-order valence-electron chi connectivity index (χ0n) is 19.1. The van der Waals surface area contributed by atoms with Gasteiger partial charge in [0.15, 0.2) is 0 Å². The number of aryl methyl sites for hydroxylation is 1. The van der Waals surface area contributed by atoms with E-state index in [1.54, 1.807) is 85.8 Å². The molecule has 0 radical (unpaired) electrons. The van der Waals surface area contributed by atoms with Crippen LogP contribution in [0.1, 0.15) is 35.2 Å². The number of nitrogens with one attached hydrogen (secondary N) is 1. The van der Waals surface area contributed by atoms with Crippen LogP contribution < -0.4 is 5.48 Å². The predicted molar refractivity (Wildman–Crippen MR) is 136 cm³/mol. The first-order chi connectivity index (χ1) is 16.7. The van der Waals surface area contributed by atoms with Crippen molar-refractivity contribution in [1.29, 1.82) is 0 Å². The van der Waals surface area contributed by atoms with Gasteiger partial charge in [0.2, 0.25) is 10.0 Å². The van der Waals surface area contributed by atoms with E-state index in [0.717, 1.165) is 5.56 Å². The van der Waals surface area contributed by atoms with Crippen LogP contribution in [0.4, 0.5) is 0 Å². The molecule has 1 aliphatic rings. The SMILES string of the molecule is CONC(=O)C1=CCC(c2ccc(Cl)cc2)N(S(=O)(=O)c2ccccc2C)[C@H]1c1cccc(Cl)c1. The van der Waals surface area contributed by atoms with Gasteiger partial charge in [-0.05, 0) is 60.4 Å². The molecule has 1 unspecified atom stereocenters. The van der Waals surface area contributed by atoms with Gasteiger partial charge in [-0.1, -0.05) is 71.7 Å². The highest BCUT2D eigenvalue weighted by Gasteiger charge is 2.45. The summed E-state index contributed by atoms with van der Waals surface area (Å²) in [6, 6.07) is 19.1. The Morgan fingerprint density at radius 1 is 0.971 bits per heavy atom. The molecule has 1 amide bonds. The fourth-order valence-corrected chi connectivity index (χ4v) is 6.71. The Morgan fingerprint density at radius 3 is 2.34 bits per heavy atom. The van der Waals surface area contributed by atoms with Crippen LogP contribution in [0.15, 0.2) is 89.3 Å². The Bertz CT molecular complexity index is 1370. The van der Waals surface area contributed by atoms with Gasteiger partial charge in [0, 0.05) is 15.6 Å². The van der Waals surface area contributed by atoms with Gasteiger partial charge in [-0.25, -0.2) is 13.9 Å². The van der Waals surface area contributed by atoms with Crippen LogP contribution in [-0.2, 0) is 19.7 Å². The van der Waals surface area contributed by atoms with E-state index in [0.29, 0.717) is 21.2 Å². The highest BCUT2D eigenvalue weighted by molar-refractivity contribution is 7.89. The zero-order chi connectivity index (χ0) is 25.2. The molecule has 4 rings (SSSR count). The molecule has 35 heavy (non-hydrogen) atoms. The summed E-state index contributed by atoms with van der Waals surface area (Å²) in [4.78, 5) is 18.1. The number of halogens is 2. The minimum atomic E-state index is -4.10. The van der Waals surface area contributed by atoms with Gasteiger partial charge in [-0.15, -0.1) is 0 Å². The third kappa shape index (κ3) is 5.15. The van der Waals surface area contributed by atoms with Crippen molar-refractivity contribution in [1.82, 2.24) is 9.79 Å². The van der Waals surface area contributed by atoms with Crippen molar-refractivity contribution in [3.8, 4) is 0 Å². The van der Waals surface area contributed by atoms with Gasteiger partial charge in [0.25, 0.3) is 5.91 Å². The third-order valence-corrected chi connectivity index (χ3v) is 8.46. The van der Waals surface area contributed by atoms with Crippen LogP contribution in [0, 0.1) is 6.92 Å². The van der Waals surface area contributed by atoms with E-state index in [1.165, 1.54) is 11.4 Å². The number of amides is 1. The number of hydrogen-bond donors (Lipinski definition) is 1. The Kier molecular flexibility index (Phi) is 7.64. The first-order valence-corrected chi connectivity index (χ1v) is 13.1. The second kappa shape index (κ2) is 10.5. The standard InChI is InChI=1S/C26H24Cl2N2O4S/c1-17-6-3-4-9-24(17)35(32,33)30-23(18-10-12-20(27)13-11-18)15-14-22(26(31)29-34-2)25(30)19-7-5-8-21(28)16-19/h3-14,16,23,25H,15H2,1-2H3,(H,29,31)/t23?,25-/m0/s1. The number of hydrogen-bond acceptors (Lipinski definition) is 4. The monoisotopic (exact) mass is 530 g/mol. The van der Waals surface area contributed by atoms with Crippen molar-refractivity contribution < 1.29 is 18.0 Å². The maximum atomic E-state index is 14.3. The molecule has 3 aromatic carbocycles. The molecule has 6 nitrogen and oxygen atoms in total. The smallest absolute Gasteiger partial charge is 0.272 e. The van der Waals surface area contributed by atoms with Gasteiger partial charge >= 0.3 is 0 Å². The molecule has 0 aromatic heterocycles. The summed E-state index contributed by atoms with van der Waals surface area (Å²) in [5.41, 5.74) is 4.50. The molecular formula is C26H24Cl2N2O4S. The highest BCUT2D eigenvalue weighted by Crippen LogP contribution is 2.46. The van der Waals surface area contributed by atoms with E-state index in [-0.39, 0.29) is 16.9 Å². The highest BCUT2D eigenvalue weighted by atomic mass is 35.5. The summed E-state index contributed by atoms with van der Waals surface area (Å²) < 4.78 is 30.1. The molecule has 3 aromatic rings. The molecule has 0 spiro atoms. The average Bonchev–Trinajstić information content (AvgIpc) is 2.84. The summed E-state index contributed by atoms with van der Waals surface area (Å²) in [6.45, 7) is 1.75. The number of rotatable bonds is 6. The fraction of sp³-hybridized carbons (Fsp3) is 0.192. The summed E-state index contributed by atoms with van der Waals surface area (Å²) in [6.07, 6.45) is 2.03. The van der Waals surface area contributed by atoms with Crippen LogP contribution >= 0.6 is 23.2 Å². The van der Waals surface area contributed by atoms with E-state index in [2.05, 4.69) is 5.48 Å². The fourth-order valence-electron chi connectivity index (χ4n) is 4.38. The second-order valence-electron chi connectivity index (χ2n) is 8.16. The maximum absolute atomic E-state index is 14.3. The average molecular weight is 531 g/mol. The lowest BCUT2D eigenvalue weighted by atomic mass is 9.89. The summed E-state index contributed by atoms with van der Waals surface area (Å²) >= 11 is 12.4. The predicted octanol–water partition coefficient (Wildman–Crippen LogP) is 5.78. The Morgan fingerprint density at radius 2 is 1.69 bits per heavy atom. The molecular weight excluding hydrogens is 507 g/mol. The van der Waals surface area contributed by atoms with E-state index >= 15 is 0 Å². The zero-order valence-corrected chi connectivity index (χ0v) is 21.4. The number of benzene rings is 3. The molecule has 0 aliphatic carbocycles. The summed E-state index contributed by atoms with van der Waals surface area (Å²) in [5, 5.41) is 0.968. The van der Waals surface area contributed by atoms with Crippen molar-refractivity contribution in [2.45, 2.75) is 30.3 Å². The quantitative estimate of drug-likeness (QED) is 0.409. The largest absolute Gasteiger partial charge is 0.277 e. The maximum Gasteiger partial charge on any atom is 0.272 e. The molecule has 9 heteroatoms. The first-order valence-electron chi connectivity index (χ1n) is 10.9. The Labute approximate surface area is 215 Å². The third-order valence-electron chi connectivity index (χ3n) is 5.94. The summed E-state index contributed by atoms with van der Waals surface area (Å²) in [7, 11) is -2.77.